The Kier molecular flexibility index (Phi) is 5.85. The summed E-state index contributed by atoms with van der Waals surface area (Å²) in [6.07, 6.45) is -0.706. The molecule has 0 spiro atoms. The van der Waals surface area contributed by atoms with Crippen LogP contribution < -0.4 is 0 Å². The minimum Gasteiger partial charge on any atom is -0.460 e. The third-order valence-corrected chi connectivity index (χ3v) is 1.90. The van der Waals surface area contributed by atoms with Crippen LogP contribution in [-0.4, -0.2) is 29.3 Å². The number of hydrogen-bond donors (Lipinski definition) is 1. The first-order chi connectivity index (χ1) is 7.26. The average Bonchev–Trinajstić information content (AvgIpc) is 2.10. The largest absolute Gasteiger partial charge is 0.460 e. The molecule has 0 saturated carbocycles. The Bertz CT molecular complexity index is 280. The maximum atomic E-state index is 11.4. The van der Waals surface area contributed by atoms with E-state index in [2.05, 4.69) is 10.0 Å². The molecule has 0 aliphatic rings. The highest BCUT2D eigenvalue weighted by molar-refractivity contribution is 5.70. The molecule has 6 nitrogen and oxygen atoms in total. The molecule has 0 radical (unpaired) electrons. The molecular formula is C10H19N3O3. The molecule has 0 fully saturated rings. The van der Waals surface area contributed by atoms with Gasteiger partial charge in [-0.15, -0.1) is 0 Å². The van der Waals surface area contributed by atoms with Gasteiger partial charge in [0.15, 0.2) is 0 Å². The highest BCUT2D eigenvalue weighted by atomic mass is 16.6. The molecule has 0 aromatic heterocycles. The minimum atomic E-state index is -0.816. The van der Waals surface area contributed by atoms with Crippen LogP contribution in [0.25, 0.3) is 10.4 Å². The Morgan fingerprint density at radius 2 is 2.12 bits per heavy atom. The van der Waals surface area contributed by atoms with Crippen molar-refractivity contribution >= 4 is 5.97 Å². The number of carbonyl (C=O) groups excluding carboxylic acids is 1. The molecule has 0 saturated heterocycles. The van der Waals surface area contributed by atoms with Gasteiger partial charge in [-0.3, -0.25) is 4.79 Å². The fraction of sp³-hybridized carbons (Fsp3) is 0.900. The maximum Gasteiger partial charge on any atom is 0.306 e. The summed E-state index contributed by atoms with van der Waals surface area (Å²) in [6.45, 7) is 7.03. The first kappa shape index (κ1) is 14.7. The van der Waals surface area contributed by atoms with E-state index >= 15 is 0 Å². The van der Waals surface area contributed by atoms with Crippen LogP contribution in [0.3, 0.4) is 0 Å². The highest BCUT2D eigenvalue weighted by Gasteiger charge is 2.21. The monoisotopic (exact) mass is 229 g/mol. The Labute approximate surface area is 95.2 Å². The third-order valence-electron chi connectivity index (χ3n) is 1.90. The molecule has 1 N–H and O–H groups in total. The maximum absolute atomic E-state index is 11.4. The summed E-state index contributed by atoms with van der Waals surface area (Å²) in [5.74, 6) is -0.652. The van der Waals surface area contributed by atoms with Crippen molar-refractivity contribution in [2.24, 2.45) is 11.0 Å². The predicted molar refractivity (Wildman–Crippen MR) is 59.6 cm³/mol. The van der Waals surface area contributed by atoms with Gasteiger partial charge < -0.3 is 9.84 Å². The molecule has 2 atom stereocenters. The second-order valence-electron chi connectivity index (χ2n) is 4.75. The van der Waals surface area contributed by atoms with Gasteiger partial charge >= 0.3 is 5.97 Å². The number of ether oxygens (including phenoxy) is 1. The van der Waals surface area contributed by atoms with Gasteiger partial charge in [-0.1, -0.05) is 12.0 Å². The quantitative estimate of drug-likeness (QED) is 0.338. The van der Waals surface area contributed by atoms with E-state index in [4.69, 9.17) is 10.3 Å². The van der Waals surface area contributed by atoms with Gasteiger partial charge in [0.2, 0.25) is 0 Å². The van der Waals surface area contributed by atoms with Gasteiger partial charge in [-0.2, -0.15) is 0 Å². The van der Waals surface area contributed by atoms with E-state index in [-0.39, 0.29) is 24.9 Å². The molecular weight excluding hydrogens is 210 g/mol. The Hall–Kier alpha value is -1.26. The zero-order valence-corrected chi connectivity index (χ0v) is 10.2. The first-order valence-corrected chi connectivity index (χ1v) is 5.17. The van der Waals surface area contributed by atoms with Crippen LogP contribution in [0.15, 0.2) is 5.11 Å². The van der Waals surface area contributed by atoms with Crippen molar-refractivity contribution in [1.82, 2.24) is 0 Å². The van der Waals surface area contributed by atoms with Gasteiger partial charge in [0.25, 0.3) is 0 Å². The Balaban J connectivity index is 4.08. The third kappa shape index (κ3) is 7.09. The van der Waals surface area contributed by atoms with Crippen LogP contribution >= 0.6 is 0 Å². The molecule has 0 aliphatic heterocycles. The molecule has 0 heterocycles. The van der Waals surface area contributed by atoms with Crippen molar-refractivity contribution in [2.45, 2.75) is 45.8 Å². The summed E-state index contributed by atoms with van der Waals surface area (Å²) in [7, 11) is 0. The molecule has 0 amide bonds. The van der Waals surface area contributed by atoms with E-state index in [1.807, 2.05) is 0 Å². The second-order valence-corrected chi connectivity index (χ2v) is 4.75. The number of azide groups is 1. The molecule has 0 bridgehead atoms. The summed E-state index contributed by atoms with van der Waals surface area (Å²) >= 11 is 0. The molecule has 0 rings (SSSR count). The van der Waals surface area contributed by atoms with Crippen LogP contribution in [0.4, 0.5) is 0 Å². The molecule has 1 unspecified atom stereocenters. The predicted octanol–water partition coefficient (Wildman–Crippen LogP) is 2.03. The zero-order valence-electron chi connectivity index (χ0n) is 10.2. The summed E-state index contributed by atoms with van der Waals surface area (Å²) in [4.78, 5) is 14.0. The number of rotatable bonds is 5. The van der Waals surface area contributed by atoms with Gasteiger partial charge in [-0.25, -0.2) is 0 Å². The lowest BCUT2D eigenvalue weighted by atomic mass is 10.0. The van der Waals surface area contributed by atoms with Crippen LogP contribution in [0.2, 0.25) is 0 Å². The topological polar surface area (TPSA) is 95.3 Å². The molecule has 6 heteroatoms. The Morgan fingerprint density at radius 1 is 1.56 bits per heavy atom. The lowest BCUT2D eigenvalue weighted by molar-refractivity contribution is -0.156. The van der Waals surface area contributed by atoms with Crippen molar-refractivity contribution in [3.8, 4) is 0 Å². The van der Waals surface area contributed by atoms with E-state index in [1.165, 1.54) is 0 Å². The second kappa shape index (κ2) is 6.35. The fourth-order valence-electron chi connectivity index (χ4n) is 1.08. The number of esters is 1. The van der Waals surface area contributed by atoms with Crippen LogP contribution in [-0.2, 0) is 9.53 Å². The minimum absolute atomic E-state index is 0.0273. The van der Waals surface area contributed by atoms with E-state index < -0.39 is 11.7 Å². The van der Waals surface area contributed by atoms with Crippen molar-refractivity contribution in [2.75, 3.05) is 6.54 Å². The van der Waals surface area contributed by atoms with Crippen LogP contribution in [0.5, 0.6) is 0 Å². The summed E-state index contributed by atoms with van der Waals surface area (Å²) in [6, 6.07) is 0. The number of aliphatic hydroxyl groups is 1. The Morgan fingerprint density at radius 3 is 2.56 bits per heavy atom. The number of aliphatic hydroxyl groups excluding tert-OH is 1. The summed E-state index contributed by atoms with van der Waals surface area (Å²) in [5.41, 5.74) is 7.57. The van der Waals surface area contributed by atoms with Gasteiger partial charge in [-0.05, 0) is 32.2 Å². The van der Waals surface area contributed by atoms with Crippen molar-refractivity contribution in [1.29, 1.82) is 0 Å². The molecule has 0 aliphatic carbocycles. The van der Waals surface area contributed by atoms with E-state index in [9.17, 15) is 9.90 Å². The van der Waals surface area contributed by atoms with Crippen molar-refractivity contribution < 1.29 is 14.6 Å². The van der Waals surface area contributed by atoms with E-state index in [1.54, 1.807) is 27.7 Å². The van der Waals surface area contributed by atoms with Crippen molar-refractivity contribution in [3.63, 3.8) is 0 Å². The van der Waals surface area contributed by atoms with E-state index in [0.717, 1.165) is 0 Å². The molecule has 16 heavy (non-hydrogen) atoms. The SMILES string of the molecule is C[C@H](CC(=O)OC(C)(C)C)C(O)CN=[N+]=[N-]. The van der Waals surface area contributed by atoms with Gasteiger partial charge in [0.1, 0.15) is 5.60 Å². The lowest BCUT2D eigenvalue weighted by Gasteiger charge is -2.22. The van der Waals surface area contributed by atoms with Crippen LogP contribution in [0.1, 0.15) is 34.1 Å². The standard InChI is InChI=1S/C10H19N3O3/c1-7(8(14)6-12-13-11)5-9(15)16-10(2,3)4/h7-8,14H,5-6H2,1-4H3/t7-,8?/m1/s1. The van der Waals surface area contributed by atoms with Crippen LogP contribution in [0, 0.1) is 5.92 Å². The smallest absolute Gasteiger partial charge is 0.306 e. The first-order valence-electron chi connectivity index (χ1n) is 5.17. The number of carbonyl (C=O) groups is 1. The fourth-order valence-corrected chi connectivity index (χ4v) is 1.08. The normalized spacial score (nSPS) is 14.8. The molecule has 0 aromatic carbocycles. The zero-order chi connectivity index (χ0) is 12.8. The number of hydrogen-bond acceptors (Lipinski definition) is 4. The van der Waals surface area contributed by atoms with E-state index in [0.29, 0.717) is 0 Å². The highest BCUT2D eigenvalue weighted by Crippen LogP contribution is 2.14. The average molecular weight is 229 g/mol. The number of nitrogens with zero attached hydrogens (tertiary/aromatic N) is 3. The summed E-state index contributed by atoms with van der Waals surface area (Å²) in [5, 5.41) is 12.8. The lowest BCUT2D eigenvalue weighted by Crippen LogP contribution is -2.28. The molecule has 0 aromatic rings. The van der Waals surface area contributed by atoms with Gasteiger partial charge in [0.05, 0.1) is 19.1 Å². The molecule has 92 valence electrons. The van der Waals surface area contributed by atoms with Gasteiger partial charge in [0, 0.05) is 4.91 Å². The summed E-state index contributed by atoms with van der Waals surface area (Å²) < 4.78 is 5.11. The van der Waals surface area contributed by atoms with Crippen molar-refractivity contribution in [3.05, 3.63) is 10.4 Å².